The molecule has 0 fully saturated rings. The van der Waals surface area contributed by atoms with Crippen LogP contribution in [-0.4, -0.2) is 19.1 Å². The molecule has 0 aliphatic heterocycles. The second-order valence-electron chi connectivity index (χ2n) is 5.23. The van der Waals surface area contributed by atoms with Crippen molar-refractivity contribution in [3.8, 4) is 11.8 Å². The molecule has 2 aromatic carbocycles. The van der Waals surface area contributed by atoms with Gasteiger partial charge in [-0.2, -0.15) is 5.26 Å². The van der Waals surface area contributed by atoms with Crippen molar-refractivity contribution >= 4 is 39.6 Å². The summed E-state index contributed by atoms with van der Waals surface area (Å²) in [7, 11) is 3.35. The second kappa shape index (κ2) is 6.83. The summed E-state index contributed by atoms with van der Waals surface area (Å²) < 4.78 is 18.7. The standard InChI is InChI=1S/C18H14ClFN4O/c1-22-16-6-12-15(7-17(16)25-2)23-9-10(8-21)18(12)24-11-3-4-14(20)13(19)5-11/h3-7,9,22H,1-2H3,(H,23,24). The van der Waals surface area contributed by atoms with Gasteiger partial charge in [0.2, 0.25) is 0 Å². The average molecular weight is 357 g/mol. The van der Waals surface area contributed by atoms with Crippen LogP contribution in [0.15, 0.2) is 36.5 Å². The molecule has 0 aliphatic carbocycles. The average Bonchev–Trinajstić information content (AvgIpc) is 2.63. The first-order valence-electron chi connectivity index (χ1n) is 7.38. The molecule has 3 rings (SSSR count). The summed E-state index contributed by atoms with van der Waals surface area (Å²) in [5.74, 6) is 0.137. The number of anilines is 3. The lowest BCUT2D eigenvalue weighted by Gasteiger charge is -2.15. The van der Waals surface area contributed by atoms with Crippen molar-refractivity contribution in [2.24, 2.45) is 0 Å². The molecule has 126 valence electrons. The second-order valence-corrected chi connectivity index (χ2v) is 5.64. The number of methoxy groups -OCH3 is 1. The Kier molecular flexibility index (Phi) is 4.59. The van der Waals surface area contributed by atoms with Crippen molar-refractivity contribution < 1.29 is 9.13 Å². The quantitative estimate of drug-likeness (QED) is 0.709. The minimum absolute atomic E-state index is 0.000507. The molecule has 3 aromatic rings. The van der Waals surface area contributed by atoms with Gasteiger partial charge in [-0.1, -0.05) is 11.6 Å². The van der Waals surface area contributed by atoms with E-state index in [-0.39, 0.29) is 5.02 Å². The van der Waals surface area contributed by atoms with E-state index in [9.17, 15) is 9.65 Å². The van der Waals surface area contributed by atoms with Crippen molar-refractivity contribution in [1.29, 1.82) is 5.26 Å². The highest BCUT2D eigenvalue weighted by molar-refractivity contribution is 6.31. The third-order valence-electron chi connectivity index (χ3n) is 3.77. The molecule has 0 atom stereocenters. The molecule has 0 bridgehead atoms. The zero-order valence-corrected chi connectivity index (χ0v) is 14.3. The number of hydrogen-bond acceptors (Lipinski definition) is 5. The monoisotopic (exact) mass is 356 g/mol. The van der Waals surface area contributed by atoms with E-state index in [1.807, 2.05) is 6.07 Å². The number of halogens is 2. The third kappa shape index (κ3) is 3.14. The molecule has 0 saturated carbocycles. The van der Waals surface area contributed by atoms with E-state index >= 15 is 0 Å². The van der Waals surface area contributed by atoms with Crippen LogP contribution in [0, 0.1) is 17.1 Å². The van der Waals surface area contributed by atoms with Gasteiger partial charge in [-0.3, -0.25) is 4.98 Å². The largest absolute Gasteiger partial charge is 0.495 e. The van der Waals surface area contributed by atoms with Crippen LogP contribution < -0.4 is 15.4 Å². The summed E-state index contributed by atoms with van der Waals surface area (Å²) in [6.45, 7) is 0. The van der Waals surface area contributed by atoms with Crippen LogP contribution >= 0.6 is 11.6 Å². The van der Waals surface area contributed by atoms with Gasteiger partial charge < -0.3 is 15.4 Å². The molecular weight excluding hydrogens is 343 g/mol. The first kappa shape index (κ1) is 16.8. The molecule has 1 aromatic heterocycles. The van der Waals surface area contributed by atoms with Crippen LogP contribution in [0.2, 0.25) is 5.02 Å². The van der Waals surface area contributed by atoms with E-state index in [0.717, 1.165) is 11.1 Å². The summed E-state index contributed by atoms with van der Waals surface area (Å²) in [4.78, 5) is 4.31. The van der Waals surface area contributed by atoms with Crippen LogP contribution in [0.25, 0.3) is 10.9 Å². The normalized spacial score (nSPS) is 10.4. The van der Waals surface area contributed by atoms with Gasteiger partial charge >= 0.3 is 0 Å². The highest BCUT2D eigenvalue weighted by Crippen LogP contribution is 2.36. The first-order valence-corrected chi connectivity index (χ1v) is 7.76. The fourth-order valence-corrected chi connectivity index (χ4v) is 2.70. The molecule has 7 heteroatoms. The number of nitrogens with zero attached hydrogens (tertiary/aromatic N) is 2. The van der Waals surface area contributed by atoms with Crippen LogP contribution in [0.4, 0.5) is 21.5 Å². The van der Waals surface area contributed by atoms with Crippen LogP contribution in [-0.2, 0) is 0 Å². The zero-order valence-electron chi connectivity index (χ0n) is 13.5. The fraction of sp³-hybridized carbons (Fsp3) is 0.111. The summed E-state index contributed by atoms with van der Waals surface area (Å²) in [5, 5.41) is 16.3. The van der Waals surface area contributed by atoms with E-state index in [2.05, 4.69) is 21.7 Å². The van der Waals surface area contributed by atoms with Gasteiger partial charge in [0.1, 0.15) is 17.6 Å². The summed E-state index contributed by atoms with van der Waals surface area (Å²) >= 11 is 5.84. The van der Waals surface area contributed by atoms with Gasteiger partial charge in [0, 0.05) is 30.4 Å². The van der Waals surface area contributed by atoms with E-state index in [4.69, 9.17) is 16.3 Å². The third-order valence-corrected chi connectivity index (χ3v) is 4.06. The lowest BCUT2D eigenvalue weighted by atomic mass is 10.1. The topological polar surface area (TPSA) is 70.0 Å². The fourth-order valence-electron chi connectivity index (χ4n) is 2.52. The lowest BCUT2D eigenvalue weighted by molar-refractivity contribution is 0.417. The maximum atomic E-state index is 13.4. The number of hydrogen-bond donors (Lipinski definition) is 2. The molecule has 0 unspecified atom stereocenters. The molecule has 2 N–H and O–H groups in total. The highest BCUT2D eigenvalue weighted by Gasteiger charge is 2.13. The highest BCUT2D eigenvalue weighted by atomic mass is 35.5. The number of benzene rings is 2. The Labute approximate surface area is 149 Å². The Hall–Kier alpha value is -3.04. The number of ether oxygens (including phenoxy) is 1. The van der Waals surface area contributed by atoms with E-state index < -0.39 is 5.82 Å². The van der Waals surface area contributed by atoms with Crippen molar-refractivity contribution in [2.75, 3.05) is 24.8 Å². The van der Waals surface area contributed by atoms with Gasteiger partial charge in [-0.25, -0.2) is 4.39 Å². The van der Waals surface area contributed by atoms with E-state index in [0.29, 0.717) is 28.2 Å². The predicted octanol–water partition coefficient (Wildman–Crippen LogP) is 4.69. The van der Waals surface area contributed by atoms with Crippen LogP contribution in [0.5, 0.6) is 5.75 Å². The van der Waals surface area contributed by atoms with Gasteiger partial charge in [-0.15, -0.1) is 0 Å². The molecule has 1 heterocycles. The molecule has 0 spiro atoms. The number of fused-ring (bicyclic) bond motifs is 1. The van der Waals surface area contributed by atoms with E-state index in [1.165, 1.54) is 18.3 Å². The molecular formula is C18H14ClFN4O. The molecule has 25 heavy (non-hydrogen) atoms. The predicted molar refractivity (Wildman–Crippen MR) is 97.2 cm³/mol. The molecule has 0 radical (unpaired) electrons. The van der Waals surface area contributed by atoms with Gasteiger partial charge in [-0.05, 0) is 24.3 Å². The SMILES string of the molecule is CNc1cc2c(Nc3ccc(F)c(Cl)c3)c(C#N)cnc2cc1OC. The molecule has 0 saturated heterocycles. The van der Waals surface area contributed by atoms with Crippen LogP contribution in [0.1, 0.15) is 5.56 Å². The Morgan fingerprint density at radius 3 is 2.72 bits per heavy atom. The summed E-state index contributed by atoms with van der Waals surface area (Å²) in [5.41, 5.74) is 2.91. The Bertz CT molecular complexity index is 1000. The maximum absolute atomic E-state index is 13.4. The van der Waals surface area contributed by atoms with Crippen molar-refractivity contribution in [3.05, 3.63) is 52.9 Å². The van der Waals surface area contributed by atoms with Gasteiger partial charge in [0.15, 0.2) is 0 Å². The Morgan fingerprint density at radius 1 is 1.28 bits per heavy atom. The van der Waals surface area contributed by atoms with Crippen molar-refractivity contribution in [2.45, 2.75) is 0 Å². The summed E-state index contributed by atoms with van der Waals surface area (Å²) in [6, 6.07) is 10.0. The zero-order chi connectivity index (χ0) is 18.0. The van der Waals surface area contributed by atoms with Gasteiger partial charge in [0.25, 0.3) is 0 Å². The maximum Gasteiger partial charge on any atom is 0.144 e. The van der Waals surface area contributed by atoms with Gasteiger partial charge in [0.05, 0.1) is 34.6 Å². The number of rotatable bonds is 4. The number of nitriles is 1. The van der Waals surface area contributed by atoms with Crippen LogP contribution in [0.3, 0.4) is 0 Å². The summed E-state index contributed by atoms with van der Waals surface area (Å²) in [6.07, 6.45) is 1.48. The minimum Gasteiger partial charge on any atom is -0.495 e. The minimum atomic E-state index is -0.505. The Balaban J connectivity index is 2.20. The number of pyridine rings is 1. The molecule has 5 nitrogen and oxygen atoms in total. The smallest absolute Gasteiger partial charge is 0.144 e. The van der Waals surface area contributed by atoms with Crippen molar-refractivity contribution in [1.82, 2.24) is 4.98 Å². The number of aromatic nitrogens is 1. The first-order chi connectivity index (χ1) is 12.1. The lowest BCUT2D eigenvalue weighted by Crippen LogP contribution is -1.99. The van der Waals surface area contributed by atoms with E-state index in [1.54, 1.807) is 26.3 Å². The number of nitrogens with one attached hydrogen (secondary N) is 2. The molecule has 0 aliphatic rings. The molecule has 0 amide bonds. The Morgan fingerprint density at radius 2 is 2.08 bits per heavy atom. The van der Waals surface area contributed by atoms with Crippen molar-refractivity contribution in [3.63, 3.8) is 0 Å².